The highest BCUT2D eigenvalue weighted by atomic mass is 16.2. The SMILES string of the molecule is Cc1ccc(NC(=O)C(C)C)cc1NC(=O)NCCc1cccnc1. The smallest absolute Gasteiger partial charge is 0.319 e. The van der Waals surface area contributed by atoms with Crippen molar-refractivity contribution in [2.45, 2.75) is 27.2 Å². The van der Waals surface area contributed by atoms with Gasteiger partial charge in [0, 0.05) is 36.2 Å². The van der Waals surface area contributed by atoms with Crippen LogP contribution in [0.15, 0.2) is 42.7 Å². The van der Waals surface area contributed by atoms with Crippen LogP contribution in [0, 0.1) is 12.8 Å². The highest BCUT2D eigenvalue weighted by molar-refractivity contribution is 5.94. The number of carbonyl (C=O) groups excluding carboxylic acids is 2. The van der Waals surface area contributed by atoms with Crippen LogP contribution < -0.4 is 16.0 Å². The topological polar surface area (TPSA) is 83.1 Å². The van der Waals surface area contributed by atoms with E-state index in [4.69, 9.17) is 0 Å². The quantitative estimate of drug-likeness (QED) is 0.754. The molecule has 6 heteroatoms. The molecule has 132 valence electrons. The summed E-state index contributed by atoms with van der Waals surface area (Å²) in [5.41, 5.74) is 3.32. The van der Waals surface area contributed by atoms with Crippen LogP contribution in [0.25, 0.3) is 0 Å². The maximum absolute atomic E-state index is 12.1. The van der Waals surface area contributed by atoms with E-state index in [0.29, 0.717) is 24.3 Å². The largest absolute Gasteiger partial charge is 0.338 e. The average Bonchev–Trinajstić information content (AvgIpc) is 2.58. The number of nitrogens with one attached hydrogen (secondary N) is 3. The summed E-state index contributed by atoms with van der Waals surface area (Å²) in [6.07, 6.45) is 4.22. The molecule has 0 spiro atoms. The summed E-state index contributed by atoms with van der Waals surface area (Å²) in [5.74, 6) is -0.163. The van der Waals surface area contributed by atoms with Crippen LogP contribution in [-0.2, 0) is 11.2 Å². The number of aromatic nitrogens is 1. The van der Waals surface area contributed by atoms with Crippen molar-refractivity contribution in [1.82, 2.24) is 10.3 Å². The van der Waals surface area contributed by atoms with Gasteiger partial charge in [-0.3, -0.25) is 9.78 Å². The van der Waals surface area contributed by atoms with Crippen LogP contribution in [0.5, 0.6) is 0 Å². The second kappa shape index (κ2) is 8.82. The molecule has 0 saturated heterocycles. The fourth-order valence-corrected chi connectivity index (χ4v) is 2.15. The number of aryl methyl sites for hydroxylation is 1. The van der Waals surface area contributed by atoms with E-state index in [1.54, 1.807) is 18.5 Å². The van der Waals surface area contributed by atoms with E-state index >= 15 is 0 Å². The average molecular weight is 340 g/mol. The number of benzene rings is 1. The predicted molar refractivity (Wildman–Crippen MR) is 99.6 cm³/mol. The molecule has 0 bridgehead atoms. The van der Waals surface area contributed by atoms with Gasteiger partial charge < -0.3 is 16.0 Å². The van der Waals surface area contributed by atoms with E-state index in [-0.39, 0.29) is 17.9 Å². The molecule has 3 N–H and O–H groups in total. The molecule has 1 aromatic carbocycles. The number of anilines is 2. The fourth-order valence-electron chi connectivity index (χ4n) is 2.15. The molecule has 1 aromatic heterocycles. The highest BCUT2D eigenvalue weighted by Gasteiger charge is 2.09. The van der Waals surface area contributed by atoms with Gasteiger partial charge in [0.15, 0.2) is 0 Å². The number of amides is 3. The second-order valence-corrected chi connectivity index (χ2v) is 6.17. The van der Waals surface area contributed by atoms with E-state index in [9.17, 15) is 9.59 Å². The third-order valence-electron chi connectivity index (χ3n) is 3.70. The number of carbonyl (C=O) groups is 2. The number of hydrogen-bond donors (Lipinski definition) is 3. The molecule has 0 fully saturated rings. The van der Waals surface area contributed by atoms with Gasteiger partial charge in [-0.15, -0.1) is 0 Å². The van der Waals surface area contributed by atoms with Crippen LogP contribution >= 0.6 is 0 Å². The minimum Gasteiger partial charge on any atom is -0.338 e. The van der Waals surface area contributed by atoms with Crippen molar-refractivity contribution in [2.75, 3.05) is 17.2 Å². The molecule has 2 rings (SSSR count). The lowest BCUT2D eigenvalue weighted by Crippen LogP contribution is -2.30. The first-order chi connectivity index (χ1) is 12.0. The predicted octanol–water partition coefficient (Wildman–Crippen LogP) is 3.35. The van der Waals surface area contributed by atoms with Crippen molar-refractivity contribution in [1.29, 1.82) is 0 Å². The van der Waals surface area contributed by atoms with Crippen LogP contribution in [-0.4, -0.2) is 23.5 Å². The molecule has 0 unspecified atom stereocenters. The molecule has 6 nitrogen and oxygen atoms in total. The summed E-state index contributed by atoms with van der Waals surface area (Å²) < 4.78 is 0. The molecule has 0 radical (unpaired) electrons. The van der Waals surface area contributed by atoms with Crippen molar-refractivity contribution in [3.63, 3.8) is 0 Å². The van der Waals surface area contributed by atoms with Crippen molar-refractivity contribution >= 4 is 23.3 Å². The molecule has 0 saturated carbocycles. The standard InChI is InChI=1S/C19H24N4O2/c1-13(2)18(24)22-16-7-6-14(3)17(11-16)23-19(25)21-10-8-15-5-4-9-20-12-15/h4-7,9,11-13H,8,10H2,1-3H3,(H,22,24)(H2,21,23,25). The summed E-state index contributed by atoms with van der Waals surface area (Å²) in [4.78, 5) is 27.9. The maximum Gasteiger partial charge on any atom is 0.319 e. The van der Waals surface area contributed by atoms with Crippen LogP contribution in [0.4, 0.5) is 16.2 Å². The summed E-state index contributed by atoms with van der Waals surface area (Å²) in [6, 6.07) is 9.01. The summed E-state index contributed by atoms with van der Waals surface area (Å²) in [6.45, 7) is 6.08. The molecular formula is C19H24N4O2. The van der Waals surface area contributed by atoms with Gasteiger partial charge in [0.1, 0.15) is 0 Å². The number of urea groups is 1. The summed E-state index contributed by atoms with van der Waals surface area (Å²) in [7, 11) is 0. The van der Waals surface area contributed by atoms with Crippen molar-refractivity contribution < 1.29 is 9.59 Å². The third kappa shape index (κ3) is 5.91. The summed E-state index contributed by atoms with van der Waals surface area (Å²) in [5, 5.41) is 8.47. The number of nitrogens with zero attached hydrogens (tertiary/aromatic N) is 1. The lowest BCUT2D eigenvalue weighted by Gasteiger charge is -2.13. The normalized spacial score (nSPS) is 10.4. The van der Waals surface area contributed by atoms with Crippen molar-refractivity contribution in [3.8, 4) is 0 Å². The molecule has 25 heavy (non-hydrogen) atoms. The summed E-state index contributed by atoms with van der Waals surface area (Å²) >= 11 is 0. The van der Waals surface area contributed by atoms with E-state index in [1.807, 2.05) is 45.0 Å². The van der Waals surface area contributed by atoms with E-state index in [1.165, 1.54) is 0 Å². The van der Waals surface area contributed by atoms with E-state index < -0.39 is 0 Å². The number of pyridine rings is 1. The Hall–Kier alpha value is -2.89. The van der Waals surface area contributed by atoms with E-state index in [0.717, 1.165) is 11.1 Å². The molecule has 0 aliphatic heterocycles. The van der Waals surface area contributed by atoms with E-state index in [2.05, 4.69) is 20.9 Å². The monoisotopic (exact) mass is 340 g/mol. The Bertz CT molecular complexity index is 729. The van der Waals surface area contributed by atoms with Gasteiger partial charge in [-0.1, -0.05) is 26.0 Å². The van der Waals surface area contributed by atoms with Crippen LogP contribution in [0.3, 0.4) is 0 Å². The van der Waals surface area contributed by atoms with Gasteiger partial charge >= 0.3 is 6.03 Å². The Morgan fingerprint density at radius 3 is 2.64 bits per heavy atom. The first-order valence-electron chi connectivity index (χ1n) is 8.31. The van der Waals surface area contributed by atoms with Gasteiger partial charge in [0.2, 0.25) is 5.91 Å². The first-order valence-corrected chi connectivity index (χ1v) is 8.31. The zero-order valence-corrected chi connectivity index (χ0v) is 14.8. The Morgan fingerprint density at radius 1 is 1.16 bits per heavy atom. The molecule has 0 aliphatic carbocycles. The molecule has 2 aromatic rings. The van der Waals surface area contributed by atoms with Crippen molar-refractivity contribution in [3.05, 3.63) is 53.9 Å². The maximum atomic E-state index is 12.1. The zero-order valence-electron chi connectivity index (χ0n) is 14.8. The fraction of sp³-hybridized carbons (Fsp3) is 0.316. The van der Waals surface area contributed by atoms with Gasteiger partial charge in [-0.05, 0) is 42.7 Å². The first kappa shape index (κ1) is 18.4. The van der Waals surface area contributed by atoms with Gasteiger partial charge in [-0.25, -0.2) is 4.79 Å². The zero-order chi connectivity index (χ0) is 18.2. The highest BCUT2D eigenvalue weighted by Crippen LogP contribution is 2.20. The van der Waals surface area contributed by atoms with Gasteiger partial charge in [-0.2, -0.15) is 0 Å². The minimum absolute atomic E-state index is 0.0595. The van der Waals surface area contributed by atoms with Crippen molar-refractivity contribution in [2.24, 2.45) is 5.92 Å². The molecule has 1 heterocycles. The van der Waals surface area contributed by atoms with Crippen LogP contribution in [0.1, 0.15) is 25.0 Å². The Labute approximate surface area is 148 Å². The third-order valence-corrected chi connectivity index (χ3v) is 3.70. The molecule has 0 aliphatic rings. The molecule has 0 atom stereocenters. The van der Waals surface area contributed by atoms with Crippen LogP contribution in [0.2, 0.25) is 0 Å². The second-order valence-electron chi connectivity index (χ2n) is 6.17. The molecule has 3 amide bonds. The Kier molecular flexibility index (Phi) is 6.51. The number of hydrogen-bond acceptors (Lipinski definition) is 3. The Morgan fingerprint density at radius 2 is 1.96 bits per heavy atom. The lowest BCUT2D eigenvalue weighted by atomic mass is 10.1. The minimum atomic E-state index is -0.278. The number of rotatable bonds is 6. The lowest BCUT2D eigenvalue weighted by molar-refractivity contribution is -0.118. The Balaban J connectivity index is 1.90. The molecular weight excluding hydrogens is 316 g/mol. The van der Waals surface area contributed by atoms with Gasteiger partial charge in [0.25, 0.3) is 0 Å². The van der Waals surface area contributed by atoms with Gasteiger partial charge in [0.05, 0.1) is 0 Å².